The predicted octanol–water partition coefficient (Wildman–Crippen LogP) is 3.78. The highest BCUT2D eigenvalue weighted by atomic mass is 16.5. The summed E-state index contributed by atoms with van der Waals surface area (Å²) in [6, 6.07) is 8.85. The lowest BCUT2D eigenvalue weighted by molar-refractivity contribution is 0.247. The molecule has 0 fully saturated rings. The number of ether oxygens (including phenoxy) is 1. The highest BCUT2D eigenvalue weighted by molar-refractivity contribution is 5.37. The summed E-state index contributed by atoms with van der Waals surface area (Å²) >= 11 is 0. The first kappa shape index (κ1) is 13.4. The van der Waals surface area contributed by atoms with E-state index in [1.807, 2.05) is 6.07 Å². The molecule has 0 aliphatic carbocycles. The van der Waals surface area contributed by atoms with Gasteiger partial charge in [0.1, 0.15) is 5.75 Å². The van der Waals surface area contributed by atoms with Crippen molar-refractivity contribution in [3.05, 3.63) is 29.8 Å². The van der Waals surface area contributed by atoms with Gasteiger partial charge >= 0.3 is 0 Å². The van der Waals surface area contributed by atoms with Crippen molar-refractivity contribution in [3.63, 3.8) is 0 Å². The molecular weight excluding hydrogens is 222 g/mol. The molecule has 1 aromatic carbocycles. The van der Waals surface area contributed by atoms with Crippen molar-refractivity contribution in [2.45, 2.75) is 39.7 Å². The van der Waals surface area contributed by atoms with Crippen molar-refractivity contribution in [1.29, 1.82) is 0 Å². The fraction of sp³-hybridized carbons (Fsp3) is 0.625. The standard InChI is InChI=1S/C16H25NO/c1-12(2)10-13(3)11-17-15-8-9-18-16-7-5-4-6-14(15)16/h4-7,12-13,15,17H,8-11H2,1-3H3. The SMILES string of the molecule is CC(C)CC(C)CNC1CCOc2ccccc21. The molecule has 1 N–H and O–H groups in total. The Balaban J connectivity index is 1.91. The smallest absolute Gasteiger partial charge is 0.124 e. The van der Waals surface area contributed by atoms with Crippen LogP contribution in [0.5, 0.6) is 5.75 Å². The summed E-state index contributed by atoms with van der Waals surface area (Å²) in [6.07, 6.45) is 2.36. The average Bonchev–Trinajstić information content (AvgIpc) is 2.35. The number of benzene rings is 1. The van der Waals surface area contributed by atoms with Gasteiger partial charge in [-0.15, -0.1) is 0 Å². The number of rotatable bonds is 5. The topological polar surface area (TPSA) is 21.3 Å². The van der Waals surface area contributed by atoms with Gasteiger partial charge in [0.2, 0.25) is 0 Å². The second-order valence-corrected chi connectivity index (χ2v) is 5.87. The third-order valence-corrected chi connectivity index (χ3v) is 3.55. The van der Waals surface area contributed by atoms with Crippen LogP contribution >= 0.6 is 0 Å². The van der Waals surface area contributed by atoms with Crippen LogP contribution in [-0.2, 0) is 0 Å². The molecule has 0 saturated heterocycles. The van der Waals surface area contributed by atoms with Crippen molar-refractivity contribution in [3.8, 4) is 5.75 Å². The summed E-state index contributed by atoms with van der Waals surface area (Å²) in [7, 11) is 0. The second kappa shape index (κ2) is 6.24. The van der Waals surface area contributed by atoms with Crippen LogP contribution in [0.3, 0.4) is 0 Å². The minimum absolute atomic E-state index is 0.463. The molecule has 1 aliphatic heterocycles. The van der Waals surface area contributed by atoms with E-state index in [1.165, 1.54) is 12.0 Å². The van der Waals surface area contributed by atoms with Crippen molar-refractivity contribution in [1.82, 2.24) is 5.32 Å². The average molecular weight is 247 g/mol. The molecule has 18 heavy (non-hydrogen) atoms. The van der Waals surface area contributed by atoms with Crippen LogP contribution in [0.15, 0.2) is 24.3 Å². The molecule has 0 saturated carbocycles. The van der Waals surface area contributed by atoms with E-state index in [9.17, 15) is 0 Å². The van der Waals surface area contributed by atoms with Crippen molar-refractivity contribution >= 4 is 0 Å². The van der Waals surface area contributed by atoms with E-state index in [4.69, 9.17) is 4.74 Å². The zero-order valence-electron chi connectivity index (χ0n) is 11.8. The van der Waals surface area contributed by atoms with E-state index in [0.717, 1.165) is 37.2 Å². The fourth-order valence-corrected chi connectivity index (χ4v) is 2.79. The van der Waals surface area contributed by atoms with Gasteiger partial charge in [0, 0.05) is 18.0 Å². The molecular formula is C16H25NO. The largest absolute Gasteiger partial charge is 0.493 e. The third-order valence-electron chi connectivity index (χ3n) is 3.55. The first-order valence-corrected chi connectivity index (χ1v) is 7.12. The van der Waals surface area contributed by atoms with Crippen LogP contribution in [0.4, 0.5) is 0 Å². The summed E-state index contributed by atoms with van der Waals surface area (Å²) in [5.74, 6) is 2.57. The highest BCUT2D eigenvalue weighted by Crippen LogP contribution is 2.31. The summed E-state index contributed by atoms with van der Waals surface area (Å²) < 4.78 is 5.69. The molecule has 0 amide bonds. The number of nitrogens with one attached hydrogen (secondary N) is 1. The normalized spacial score (nSPS) is 20.3. The predicted molar refractivity (Wildman–Crippen MR) is 75.9 cm³/mol. The van der Waals surface area contributed by atoms with Gasteiger partial charge in [-0.1, -0.05) is 39.0 Å². The molecule has 0 bridgehead atoms. The maximum absolute atomic E-state index is 5.69. The molecule has 2 rings (SSSR count). The molecule has 0 radical (unpaired) electrons. The quantitative estimate of drug-likeness (QED) is 0.855. The number of fused-ring (bicyclic) bond motifs is 1. The lowest BCUT2D eigenvalue weighted by atomic mass is 9.96. The molecule has 100 valence electrons. The summed E-state index contributed by atoms with van der Waals surface area (Å²) in [5, 5.41) is 3.70. The molecule has 0 aromatic heterocycles. The molecule has 1 aromatic rings. The van der Waals surface area contributed by atoms with Gasteiger partial charge in [-0.2, -0.15) is 0 Å². The zero-order chi connectivity index (χ0) is 13.0. The van der Waals surface area contributed by atoms with Crippen molar-refractivity contribution < 1.29 is 4.74 Å². The Labute approximate surface area is 111 Å². The Hall–Kier alpha value is -1.02. The molecule has 2 atom stereocenters. The summed E-state index contributed by atoms with van der Waals surface area (Å²) in [6.45, 7) is 8.84. The van der Waals surface area contributed by atoms with Gasteiger partial charge in [-0.3, -0.25) is 0 Å². The number of hydrogen-bond donors (Lipinski definition) is 1. The van der Waals surface area contributed by atoms with Gasteiger partial charge < -0.3 is 10.1 Å². The van der Waals surface area contributed by atoms with Gasteiger partial charge in [0.25, 0.3) is 0 Å². The second-order valence-electron chi connectivity index (χ2n) is 5.87. The molecule has 2 unspecified atom stereocenters. The van der Waals surface area contributed by atoms with Crippen molar-refractivity contribution in [2.75, 3.05) is 13.2 Å². The van der Waals surface area contributed by atoms with E-state index in [1.54, 1.807) is 0 Å². The monoisotopic (exact) mass is 247 g/mol. The first-order valence-electron chi connectivity index (χ1n) is 7.12. The zero-order valence-corrected chi connectivity index (χ0v) is 11.8. The minimum Gasteiger partial charge on any atom is -0.493 e. The number of para-hydroxylation sites is 1. The Morgan fingerprint density at radius 3 is 2.83 bits per heavy atom. The maximum Gasteiger partial charge on any atom is 0.124 e. The van der Waals surface area contributed by atoms with Crippen LogP contribution in [0.2, 0.25) is 0 Å². The van der Waals surface area contributed by atoms with Gasteiger partial charge in [-0.05, 0) is 30.9 Å². The summed E-state index contributed by atoms with van der Waals surface area (Å²) in [4.78, 5) is 0. The Morgan fingerprint density at radius 1 is 1.28 bits per heavy atom. The molecule has 1 heterocycles. The lowest BCUT2D eigenvalue weighted by Gasteiger charge is -2.28. The molecule has 2 nitrogen and oxygen atoms in total. The van der Waals surface area contributed by atoms with Gasteiger partial charge in [-0.25, -0.2) is 0 Å². The van der Waals surface area contributed by atoms with Crippen molar-refractivity contribution in [2.24, 2.45) is 11.8 Å². The van der Waals surface area contributed by atoms with Crippen LogP contribution in [0, 0.1) is 11.8 Å². The van der Waals surface area contributed by atoms with E-state index in [-0.39, 0.29) is 0 Å². The molecule has 0 spiro atoms. The van der Waals surface area contributed by atoms with E-state index in [2.05, 4.69) is 44.3 Å². The maximum atomic E-state index is 5.69. The van der Waals surface area contributed by atoms with E-state index in [0.29, 0.717) is 6.04 Å². The number of hydrogen-bond acceptors (Lipinski definition) is 2. The van der Waals surface area contributed by atoms with Crippen LogP contribution in [-0.4, -0.2) is 13.2 Å². The third kappa shape index (κ3) is 3.49. The molecule has 2 heteroatoms. The molecule has 1 aliphatic rings. The fourth-order valence-electron chi connectivity index (χ4n) is 2.79. The van der Waals surface area contributed by atoms with E-state index >= 15 is 0 Å². The Kier molecular flexibility index (Phi) is 4.65. The first-order chi connectivity index (χ1) is 8.66. The summed E-state index contributed by atoms with van der Waals surface area (Å²) in [5.41, 5.74) is 1.32. The van der Waals surface area contributed by atoms with Crippen LogP contribution in [0.25, 0.3) is 0 Å². The highest BCUT2D eigenvalue weighted by Gasteiger charge is 2.20. The lowest BCUT2D eigenvalue weighted by Crippen LogP contribution is -2.30. The minimum atomic E-state index is 0.463. The van der Waals surface area contributed by atoms with Gasteiger partial charge in [0.05, 0.1) is 6.61 Å². The van der Waals surface area contributed by atoms with E-state index < -0.39 is 0 Å². The van der Waals surface area contributed by atoms with Crippen LogP contribution in [0.1, 0.15) is 45.2 Å². The van der Waals surface area contributed by atoms with Crippen LogP contribution < -0.4 is 10.1 Å². The Morgan fingerprint density at radius 2 is 2.06 bits per heavy atom. The Bertz CT molecular complexity index is 375. The van der Waals surface area contributed by atoms with Gasteiger partial charge in [0.15, 0.2) is 0 Å².